The van der Waals surface area contributed by atoms with Crippen LogP contribution in [0.15, 0.2) is 66.7 Å². The fraction of sp³-hybridized carbons (Fsp3) is 0.214. The minimum Gasteiger partial charge on any atom is -0.351 e. The minimum atomic E-state index is -0.710. The second kappa shape index (κ2) is 9.70. The Hall–Kier alpha value is -4.38. The summed E-state index contributed by atoms with van der Waals surface area (Å²) >= 11 is 0. The van der Waals surface area contributed by atoms with Crippen LogP contribution in [0.5, 0.6) is 0 Å². The maximum atomic E-state index is 14.1. The number of nitrogens with zero attached hydrogens (tertiary/aromatic N) is 5. The molecule has 1 aromatic heterocycles. The third kappa shape index (κ3) is 4.48. The summed E-state index contributed by atoms with van der Waals surface area (Å²) in [7, 11) is 0. The zero-order valence-corrected chi connectivity index (χ0v) is 19.7. The van der Waals surface area contributed by atoms with E-state index in [4.69, 9.17) is 5.26 Å². The molecule has 0 saturated carbocycles. The number of nitriles is 1. The normalized spacial score (nSPS) is 15.7. The molecule has 1 saturated heterocycles. The summed E-state index contributed by atoms with van der Waals surface area (Å²) in [4.78, 5) is 16.8. The lowest BCUT2D eigenvalue weighted by atomic mass is 10.0. The quantitative estimate of drug-likeness (QED) is 0.420. The first-order valence-corrected chi connectivity index (χ1v) is 11.7. The molecule has 0 N–H and O–H groups in total. The number of carbonyl (C=O) groups is 1. The van der Waals surface area contributed by atoms with Gasteiger partial charge in [0.05, 0.1) is 18.1 Å². The molecule has 4 aromatic rings. The van der Waals surface area contributed by atoms with Crippen LogP contribution in [0.4, 0.5) is 14.6 Å². The van der Waals surface area contributed by atoms with Crippen molar-refractivity contribution in [2.75, 3.05) is 24.5 Å². The number of anilines is 1. The molecular weight excluding hydrogens is 460 g/mol. The monoisotopic (exact) mass is 483 g/mol. The Balaban J connectivity index is 1.37. The zero-order valence-electron chi connectivity index (χ0n) is 19.7. The van der Waals surface area contributed by atoms with Crippen molar-refractivity contribution in [1.82, 2.24) is 15.1 Å². The van der Waals surface area contributed by atoms with Crippen LogP contribution < -0.4 is 4.90 Å². The van der Waals surface area contributed by atoms with Crippen LogP contribution in [0.3, 0.4) is 0 Å². The Morgan fingerprint density at radius 1 is 1.03 bits per heavy atom. The third-order valence-electron chi connectivity index (χ3n) is 6.56. The molecule has 3 aromatic carbocycles. The van der Waals surface area contributed by atoms with Gasteiger partial charge in [-0.15, -0.1) is 10.2 Å². The predicted octanol–water partition coefficient (Wildman–Crippen LogP) is 4.73. The molecule has 6 nitrogen and oxygen atoms in total. The number of piperazine rings is 1. The first kappa shape index (κ1) is 23.4. The van der Waals surface area contributed by atoms with Gasteiger partial charge in [-0.25, -0.2) is 8.78 Å². The van der Waals surface area contributed by atoms with Gasteiger partial charge in [-0.1, -0.05) is 42.5 Å². The van der Waals surface area contributed by atoms with Gasteiger partial charge in [0, 0.05) is 48.1 Å². The van der Waals surface area contributed by atoms with Gasteiger partial charge in [0.25, 0.3) is 0 Å². The number of rotatable bonds is 4. The number of aromatic nitrogens is 2. The molecule has 1 aliphatic rings. The average molecular weight is 484 g/mol. The number of hydrogen-bond acceptors (Lipinski definition) is 5. The Kier molecular flexibility index (Phi) is 6.30. The minimum absolute atomic E-state index is 0.113. The highest BCUT2D eigenvalue weighted by atomic mass is 19.1. The summed E-state index contributed by atoms with van der Waals surface area (Å²) in [5.74, 6) is -0.825. The number of benzene rings is 3. The zero-order chi connectivity index (χ0) is 25.2. The molecule has 0 spiro atoms. The molecule has 36 heavy (non-hydrogen) atoms. The van der Waals surface area contributed by atoms with Gasteiger partial charge in [-0.2, -0.15) is 5.26 Å². The number of hydrogen-bond donors (Lipinski definition) is 0. The summed E-state index contributed by atoms with van der Waals surface area (Å²) in [6, 6.07) is 20.4. The molecule has 0 unspecified atom stereocenters. The Labute approximate surface area is 207 Å². The van der Waals surface area contributed by atoms with E-state index in [-0.39, 0.29) is 23.9 Å². The summed E-state index contributed by atoms with van der Waals surface area (Å²) in [6.45, 7) is 3.51. The van der Waals surface area contributed by atoms with Gasteiger partial charge in [0.1, 0.15) is 17.3 Å². The van der Waals surface area contributed by atoms with Gasteiger partial charge in [-0.05, 0) is 30.7 Å². The number of halogens is 2. The van der Waals surface area contributed by atoms with E-state index in [1.165, 1.54) is 12.1 Å². The second-order valence-electron chi connectivity index (χ2n) is 8.90. The highest BCUT2D eigenvalue weighted by molar-refractivity contribution is 6.00. The third-order valence-corrected chi connectivity index (χ3v) is 6.56. The molecule has 180 valence electrons. The van der Waals surface area contributed by atoms with E-state index in [1.807, 2.05) is 43.3 Å². The average Bonchev–Trinajstić information content (AvgIpc) is 2.89. The lowest BCUT2D eigenvalue weighted by Crippen LogP contribution is -2.54. The smallest absolute Gasteiger partial charge is 0.227 e. The highest BCUT2D eigenvalue weighted by Crippen LogP contribution is 2.32. The van der Waals surface area contributed by atoms with Crippen LogP contribution in [0, 0.1) is 23.0 Å². The van der Waals surface area contributed by atoms with Crippen LogP contribution in [-0.4, -0.2) is 46.7 Å². The van der Waals surface area contributed by atoms with Gasteiger partial charge < -0.3 is 9.80 Å². The lowest BCUT2D eigenvalue weighted by Gasteiger charge is -2.40. The molecule has 0 aliphatic carbocycles. The summed E-state index contributed by atoms with van der Waals surface area (Å²) < 4.78 is 27.3. The summed E-state index contributed by atoms with van der Waals surface area (Å²) in [5.41, 5.74) is 2.38. The Morgan fingerprint density at radius 2 is 1.78 bits per heavy atom. The first-order chi connectivity index (χ1) is 17.4. The topological polar surface area (TPSA) is 73.1 Å². The number of amides is 1. The van der Waals surface area contributed by atoms with Gasteiger partial charge in [-0.3, -0.25) is 4.79 Å². The van der Waals surface area contributed by atoms with Crippen molar-refractivity contribution in [2.24, 2.45) is 0 Å². The van der Waals surface area contributed by atoms with Crippen LogP contribution in [0.2, 0.25) is 0 Å². The van der Waals surface area contributed by atoms with E-state index >= 15 is 0 Å². The summed E-state index contributed by atoms with van der Waals surface area (Å²) in [5, 5.41) is 20.1. The standard InChI is InChI=1S/C28H23F2N5O/c1-18-17-34(12-13-35(18)26(36)14-21-10-11-22(29)15-25(21)30)28-24-5-3-2-4-23(24)27(32-33-28)20-8-6-19(16-31)7-9-20/h2-11,15,18H,12-14,17H2,1H3/t18-/m0/s1. The van der Waals surface area contributed by atoms with Crippen LogP contribution >= 0.6 is 0 Å². The highest BCUT2D eigenvalue weighted by Gasteiger charge is 2.29. The fourth-order valence-corrected chi connectivity index (χ4v) is 4.69. The molecule has 8 heteroatoms. The SMILES string of the molecule is C[C@H]1CN(c2nnc(-c3ccc(C#N)cc3)c3ccccc23)CCN1C(=O)Cc1ccc(F)cc1F. The molecule has 1 amide bonds. The summed E-state index contributed by atoms with van der Waals surface area (Å²) in [6.07, 6.45) is -0.113. The van der Waals surface area contributed by atoms with E-state index in [0.717, 1.165) is 33.9 Å². The molecule has 5 rings (SSSR count). The largest absolute Gasteiger partial charge is 0.351 e. The maximum Gasteiger partial charge on any atom is 0.227 e. The van der Waals surface area contributed by atoms with E-state index in [9.17, 15) is 13.6 Å². The van der Waals surface area contributed by atoms with Crippen molar-refractivity contribution in [1.29, 1.82) is 5.26 Å². The van der Waals surface area contributed by atoms with E-state index in [1.54, 1.807) is 17.0 Å². The molecule has 1 fully saturated rings. The number of carbonyl (C=O) groups excluding carboxylic acids is 1. The van der Waals surface area contributed by atoms with Crippen LogP contribution in [0.25, 0.3) is 22.0 Å². The maximum absolute atomic E-state index is 14.1. The fourth-order valence-electron chi connectivity index (χ4n) is 4.69. The predicted molar refractivity (Wildman–Crippen MR) is 133 cm³/mol. The Bertz CT molecular complexity index is 1480. The molecule has 0 bridgehead atoms. The van der Waals surface area contributed by atoms with Crippen molar-refractivity contribution >= 4 is 22.5 Å². The van der Waals surface area contributed by atoms with Gasteiger partial charge in [0.2, 0.25) is 5.91 Å². The van der Waals surface area contributed by atoms with Crippen molar-refractivity contribution in [3.8, 4) is 17.3 Å². The van der Waals surface area contributed by atoms with Crippen molar-refractivity contribution < 1.29 is 13.6 Å². The molecular formula is C28H23F2N5O. The molecule has 1 atom stereocenters. The van der Waals surface area contributed by atoms with E-state index < -0.39 is 11.6 Å². The van der Waals surface area contributed by atoms with Crippen LogP contribution in [0.1, 0.15) is 18.1 Å². The number of fused-ring (bicyclic) bond motifs is 1. The van der Waals surface area contributed by atoms with Crippen molar-refractivity contribution in [3.05, 3.63) is 89.5 Å². The van der Waals surface area contributed by atoms with Gasteiger partial charge in [0.15, 0.2) is 5.82 Å². The van der Waals surface area contributed by atoms with Gasteiger partial charge >= 0.3 is 0 Å². The molecule has 1 aliphatic heterocycles. The Morgan fingerprint density at radius 3 is 2.47 bits per heavy atom. The second-order valence-corrected chi connectivity index (χ2v) is 8.90. The van der Waals surface area contributed by atoms with Crippen molar-refractivity contribution in [3.63, 3.8) is 0 Å². The van der Waals surface area contributed by atoms with Crippen LogP contribution in [-0.2, 0) is 11.2 Å². The van der Waals surface area contributed by atoms with E-state index in [0.29, 0.717) is 25.2 Å². The van der Waals surface area contributed by atoms with E-state index in [2.05, 4.69) is 21.2 Å². The lowest BCUT2D eigenvalue weighted by molar-refractivity contribution is -0.132. The first-order valence-electron chi connectivity index (χ1n) is 11.7. The molecule has 2 heterocycles. The molecule has 0 radical (unpaired) electrons. The van der Waals surface area contributed by atoms with Crippen molar-refractivity contribution in [2.45, 2.75) is 19.4 Å².